The molecule has 2 fully saturated rings. The Morgan fingerprint density at radius 3 is 2.81 bits per heavy atom. The van der Waals surface area contributed by atoms with Crippen molar-refractivity contribution in [3.63, 3.8) is 0 Å². The molecule has 0 bridgehead atoms. The van der Waals surface area contributed by atoms with E-state index in [1.54, 1.807) is 12.2 Å². The first-order chi connectivity index (χ1) is 9.85. The third-order valence-electron chi connectivity index (χ3n) is 3.84. The van der Waals surface area contributed by atoms with Crippen molar-refractivity contribution in [1.29, 1.82) is 0 Å². The van der Waals surface area contributed by atoms with Crippen LogP contribution in [-0.2, 0) is 9.53 Å². The van der Waals surface area contributed by atoms with Crippen LogP contribution in [0.2, 0.25) is 0 Å². The smallest absolute Gasteiger partial charge is 0.410 e. The lowest BCUT2D eigenvalue weighted by Crippen LogP contribution is -2.33. The summed E-state index contributed by atoms with van der Waals surface area (Å²) in [5.74, 6) is -1.79. The highest BCUT2D eigenvalue weighted by Gasteiger charge is 2.63. The van der Waals surface area contributed by atoms with Gasteiger partial charge in [-0.15, -0.1) is 0 Å². The van der Waals surface area contributed by atoms with Gasteiger partial charge in [0.05, 0.1) is 11.6 Å². The number of anilines is 1. The molecule has 0 aromatic carbocycles. The molecule has 1 aromatic rings. The summed E-state index contributed by atoms with van der Waals surface area (Å²) >= 11 is 0. The highest BCUT2D eigenvalue weighted by Crippen LogP contribution is 2.59. The lowest BCUT2D eigenvalue weighted by molar-refractivity contribution is -0.124. The van der Waals surface area contributed by atoms with Gasteiger partial charge in [0.1, 0.15) is 6.10 Å². The molecular formula is C12H12FN3O5. The fourth-order valence-corrected chi connectivity index (χ4v) is 2.67. The molecule has 0 radical (unpaired) electrons. The molecule has 1 amide bonds. The number of ketones is 1. The van der Waals surface area contributed by atoms with Gasteiger partial charge in [-0.1, -0.05) is 0 Å². The Morgan fingerprint density at radius 2 is 2.24 bits per heavy atom. The molecule has 3 rings (SSSR count). The largest absolute Gasteiger partial charge is 0.465 e. The summed E-state index contributed by atoms with van der Waals surface area (Å²) in [5, 5.41) is 10.2. The topological polar surface area (TPSA) is 111 Å². The van der Waals surface area contributed by atoms with Crippen molar-refractivity contribution < 1.29 is 23.8 Å². The number of hydrogen-bond donors (Lipinski definition) is 2. The van der Waals surface area contributed by atoms with Gasteiger partial charge in [0.2, 0.25) is 0 Å². The van der Waals surface area contributed by atoms with Crippen molar-refractivity contribution >= 4 is 17.7 Å². The number of nitrogens with zero attached hydrogens (tertiary/aromatic N) is 2. The molecule has 1 saturated heterocycles. The van der Waals surface area contributed by atoms with Crippen LogP contribution in [0.3, 0.4) is 0 Å². The lowest BCUT2D eigenvalue weighted by atomic mass is 9.99. The van der Waals surface area contributed by atoms with E-state index in [9.17, 15) is 18.8 Å². The molecule has 1 saturated carbocycles. The van der Waals surface area contributed by atoms with Crippen LogP contribution >= 0.6 is 0 Å². The number of carboxylic acid groups (broad SMARTS) is 1. The Bertz CT molecular complexity index is 697. The third-order valence-corrected chi connectivity index (χ3v) is 3.84. The minimum absolute atomic E-state index is 0.104. The van der Waals surface area contributed by atoms with Crippen LogP contribution in [-0.4, -0.2) is 32.6 Å². The number of aromatic nitrogens is 2. The summed E-state index contributed by atoms with van der Waals surface area (Å²) in [7, 11) is 0. The molecule has 1 aromatic heterocycles. The first-order valence-electron chi connectivity index (χ1n) is 6.33. The monoisotopic (exact) mass is 297 g/mol. The summed E-state index contributed by atoms with van der Waals surface area (Å²) in [6.45, 7) is 1.58. The molecule has 1 aliphatic carbocycles. The molecule has 2 unspecified atom stereocenters. The van der Waals surface area contributed by atoms with Gasteiger partial charge in [-0.2, -0.15) is 4.98 Å². The summed E-state index contributed by atoms with van der Waals surface area (Å²) in [5.41, 5.74) is -1.66. The van der Waals surface area contributed by atoms with E-state index >= 15 is 0 Å². The zero-order chi connectivity index (χ0) is 15.4. The Morgan fingerprint density at radius 1 is 1.57 bits per heavy atom. The average Bonchev–Trinajstić information content (AvgIpc) is 3.15. The van der Waals surface area contributed by atoms with Crippen molar-refractivity contribution in [2.45, 2.75) is 32.1 Å². The van der Waals surface area contributed by atoms with Gasteiger partial charge in [-0.05, 0) is 19.8 Å². The van der Waals surface area contributed by atoms with Gasteiger partial charge in [-0.3, -0.25) is 14.7 Å². The summed E-state index contributed by atoms with van der Waals surface area (Å²) < 4.78 is 20.2. The second-order valence-corrected chi connectivity index (χ2v) is 5.21. The summed E-state index contributed by atoms with van der Waals surface area (Å²) in [6, 6.07) is 0. The third kappa shape index (κ3) is 2.00. The minimum atomic E-state index is -1.53. The first-order valence-corrected chi connectivity index (χ1v) is 6.33. The van der Waals surface area contributed by atoms with Crippen LogP contribution in [0.5, 0.6) is 0 Å². The maximum Gasteiger partial charge on any atom is 0.410 e. The van der Waals surface area contributed by atoms with Crippen molar-refractivity contribution in [1.82, 2.24) is 9.55 Å². The second kappa shape index (κ2) is 4.35. The fraction of sp³-hybridized carbons (Fsp3) is 0.500. The molecule has 21 heavy (non-hydrogen) atoms. The first kappa shape index (κ1) is 13.7. The van der Waals surface area contributed by atoms with E-state index in [1.807, 2.05) is 0 Å². The highest BCUT2D eigenvalue weighted by molar-refractivity contribution is 5.93. The van der Waals surface area contributed by atoms with Gasteiger partial charge in [0.25, 0.3) is 0 Å². The quantitative estimate of drug-likeness (QED) is 0.833. The number of hydrogen-bond acceptors (Lipinski definition) is 5. The molecule has 9 heteroatoms. The number of Topliss-reactive ketones (excluding diaryl/α,β-unsaturated/α-hetero) is 1. The van der Waals surface area contributed by atoms with Crippen molar-refractivity contribution in [3.8, 4) is 0 Å². The number of ether oxygens (including phenoxy) is 1. The molecule has 2 aliphatic rings. The number of rotatable bonds is 2. The van der Waals surface area contributed by atoms with E-state index in [0.717, 1.165) is 10.8 Å². The molecule has 2 N–H and O–H groups in total. The van der Waals surface area contributed by atoms with Crippen LogP contribution in [0, 0.1) is 11.2 Å². The number of carbonyl (C=O) groups is 2. The zero-order valence-electron chi connectivity index (χ0n) is 11.0. The van der Waals surface area contributed by atoms with E-state index in [0.29, 0.717) is 12.8 Å². The van der Waals surface area contributed by atoms with Crippen LogP contribution in [0.1, 0.15) is 26.0 Å². The lowest BCUT2D eigenvalue weighted by Gasteiger charge is -2.18. The van der Waals surface area contributed by atoms with E-state index in [2.05, 4.69) is 4.98 Å². The normalized spacial score (nSPS) is 26.1. The van der Waals surface area contributed by atoms with Crippen LogP contribution in [0.15, 0.2) is 11.0 Å². The van der Waals surface area contributed by atoms with E-state index in [1.165, 1.54) is 0 Å². The van der Waals surface area contributed by atoms with Gasteiger partial charge < -0.3 is 9.84 Å². The number of nitrogens with one attached hydrogen (secondary N) is 1. The van der Waals surface area contributed by atoms with Crippen LogP contribution in [0.25, 0.3) is 0 Å². The van der Waals surface area contributed by atoms with E-state index < -0.39 is 41.2 Å². The van der Waals surface area contributed by atoms with Crippen molar-refractivity contribution in [2.24, 2.45) is 5.41 Å². The molecule has 8 nitrogen and oxygen atoms in total. The fourth-order valence-electron chi connectivity index (χ4n) is 2.67. The van der Waals surface area contributed by atoms with Gasteiger partial charge in [0.15, 0.2) is 23.6 Å². The Hall–Kier alpha value is -2.29. The highest BCUT2D eigenvalue weighted by atomic mass is 19.1. The maximum absolute atomic E-state index is 13.8. The number of halogens is 1. The van der Waals surface area contributed by atoms with Gasteiger partial charge >= 0.3 is 11.8 Å². The van der Waals surface area contributed by atoms with Gasteiger partial charge in [0, 0.05) is 0 Å². The van der Waals surface area contributed by atoms with Crippen molar-refractivity contribution in [3.05, 3.63) is 22.5 Å². The SMILES string of the molecule is CC1OC(n2cc(F)c(NC(=O)O)nc2=O)C2(CC2)C1=O. The van der Waals surface area contributed by atoms with Gasteiger partial charge in [-0.25, -0.2) is 14.0 Å². The molecule has 112 valence electrons. The maximum atomic E-state index is 13.8. The molecule has 1 aliphatic heterocycles. The van der Waals surface area contributed by atoms with E-state index in [-0.39, 0.29) is 5.78 Å². The Balaban J connectivity index is 2.01. The van der Waals surface area contributed by atoms with E-state index in [4.69, 9.17) is 9.84 Å². The summed E-state index contributed by atoms with van der Waals surface area (Å²) in [4.78, 5) is 37.8. The minimum Gasteiger partial charge on any atom is -0.465 e. The zero-order valence-corrected chi connectivity index (χ0v) is 11.0. The summed E-state index contributed by atoms with van der Waals surface area (Å²) in [6.07, 6.45) is -1.12. The standard InChI is InChI=1S/C12H12FN3O5/c1-5-7(17)12(2-3-12)9(21-5)16-4-6(13)8(14-10(16)18)15-11(19)20/h4-5,9H,2-3H2,1H3,(H,19,20)(H,14,15,18). The predicted molar refractivity (Wildman–Crippen MR) is 66.4 cm³/mol. The number of carbonyl (C=O) groups excluding carboxylic acids is 1. The number of amides is 1. The molecule has 2 heterocycles. The Labute approximate surface area is 117 Å². The predicted octanol–water partition coefficient (Wildman–Crippen LogP) is 0.739. The molecule has 1 spiro atoms. The average molecular weight is 297 g/mol. The Kier molecular flexibility index (Phi) is 2.84. The molecular weight excluding hydrogens is 285 g/mol. The van der Waals surface area contributed by atoms with Crippen molar-refractivity contribution in [2.75, 3.05) is 5.32 Å². The second-order valence-electron chi connectivity index (χ2n) is 5.21. The van der Waals surface area contributed by atoms with Crippen LogP contribution < -0.4 is 11.0 Å². The van der Waals surface area contributed by atoms with Crippen LogP contribution in [0.4, 0.5) is 15.0 Å². The molecule has 2 atom stereocenters.